The molecule has 0 fully saturated rings. The summed E-state index contributed by atoms with van der Waals surface area (Å²) in [5.41, 5.74) is 2.08. The number of nitrogens with zero attached hydrogens (tertiary/aromatic N) is 1. The van der Waals surface area contributed by atoms with Crippen LogP contribution in [0.5, 0.6) is 5.75 Å². The molecular formula is C17H13NO2S. The van der Waals surface area contributed by atoms with Gasteiger partial charge in [-0.3, -0.25) is 4.79 Å². The number of thiazole rings is 1. The molecule has 0 bridgehead atoms. The Morgan fingerprint density at radius 3 is 2.71 bits per heavy atom. The zero-order chi connectivity index (χ0) is 14.5. The third-order valence-corrected chi connectivity index (χ3v) is 3.94. The molecule has 0 aliphatic carbocycles. The summed E-state index contributed by atoms with van der Waals surface area (Å²) in [6.07, 6.45) is 2.40. The predicted octanol–water partition coefficient (Wildman–Crippen LogP) is 4.20. The molecule has 3 aromatic rings. The van der Waals surface area contributed by atoms with Crippen LogP contribution < -0.4 is 4.74 Å². The minimum atomic E-state index is 0.530. The van der Waals surface area contributed by atoms with Crippen LogP contribution >= 0.6 is 11.3 Å². The number of hydrogen-bond donors (Lipinski definition) is 0. The summed E-state index contributed by atoms with van der Waals surface area (Å²) in [5.74, 6) is 0.791. The lowest BCUT2D eigenvalue weighted by molar-refractivity contribution is 0.112. The summed E-state index contributed by atoms with van der Waals surface area (Å²) < 4.78 is 5.79. The van der Waals surface area contributed by atoms with E-state index in [-0.39, 0.29) is 0 Å². The van der Waals surface area contributed by atoms with E-state index in [9.17, 15) is 4.79 Å². The van der Waals surface area contributed by atoms with Gasteiger partial charge in [-0.05, 0) is 17.7 Å². The average molecular weight is 295 g/mol. The van der Waals surface area contributed by atoms with Crippen molar-refractivity contribution >= 4 is 17.6 Å². The molecule has 4 heteroatoms. The zero-order valence-corrected chi connectivity index (χ0v) is 12.0. The van der Waals surface area contributed by atoms with Gasteiger partial charge in [0.2, 0.25) is 0 Å². The Kier molecular flexibility index (Phi) is 4.07. The van der Waals surface area contributed by atoms with Crippen LogP contribution in [0.25, 0.3) is 10.6 Å². The van der Waals surface area contributed by atoms with Gasteiger partial charge in [-0.2, -0.15) is 0 Å². The van der Waals surface area contributed by atoms with Crippen molar-refractivity contribution in [1.82, 2.24) is 4.98 Å². The van der Waals surface area contributed by atoms with Gasteiger partial charge in [0.25, 0.3) is 0 Å². The maximum Gasteiger partial charge on any atom is 0.161 e. The molecule has 2 aromatic carbocycles. The van der Waals surface area contributed by atoms with E-state index in [4.69, 9.17) is 4.74 Å². The molecule has 0 saturated carbocycles. The number of benzene rings is 2. The van der Waals surface area contributed by atoms with Crippen LogP contribution in [-0.4, -0.2) is 11.3 Å². The van der Waals surface area contributed by atoms with Crippen LogP contribution in [0.1, 0.15) is 15.2 Å². The Bertz CT molecular complexity index is 737. The first kappa shape index (κ1) is 13.5. The molecule has 0 spiro atoms. The number of ether oxygens (including phenoxy) is 1. The van der Waals surface area contributed by atoms with Crippen molar-refractivity contribution < 1.29 is 9.53 Å². The largest absolute Gasteiger partial charge is 0.489 e. The minimum Gasteiger partial charge on any atom is -0.489 e. The van der Waals surface area contributed by atoms with Crippen molar-refractivity contribution in [3.8, 4) is 16.3 Å². The Labute approximate surface area is 126 Å². The van der Waals surface area contributed by atoms with E-state index in [0.29, 0.717) is 11.5 Å². The highest BCUT2D eigenvalue weighted by molar-refractivity contribution is 7.16. The zero-order valence-electron chi connectivity index (χ0n) is 11.2. The summed E-state index contributed by atoms with van der Waals surface area (Å²) in [5, 5.41) is 0.822. The second-order valence-corrected chi connectivity index (χ2v) is 5.55. The lowest BCUT2D eigenvalue weighted by Crippen LogP contribution is -1.94. The number of carbonyl (C=O) groups excluding carboxylic acids is 1. The monoisotopic (exact) mass is 295 g/mol. The maximum atomic E-state index is 10.7. The SMILES string of the molecule is O=Cc1cnc(-c2cccc(OCc3ccccc3)c2)s1. The van der Waals surface area contributed by atoms with Gasteiger partial charge in [0.05, 0.1) is 4.88 Å². The maximum absolute atomic E-state index is 10.7. The fourth-order valence-electron chi connectivity index (χ4n) is 1.93. The van der Waals surface area contributed by atoms with E-state index in [1.807, 2.05) is 54.6 Å². The van der Waals surface area contributed by atoms with Gasteiger partial charge in [0.15, 0.2) is 6.29 Å². The Hall–Kier alpha value is -2.46. The van der Waals surface area contributed by atoms with Crippen molar-refractivity contribution in [3.63, 3.8) is 0 Å². The number of rotatable bonds is 5. The minimum absolute atomic E-state index is 0.530. The topological polar surface area (TPSA) is 39.2 Å². The predicted molar refractivity (Wildman–Crippen MR) is 83.7 cm³/mol. The molecule has 0 unspecified atom stereocenters. The highest BCUT2D eigenvalue weighted by Crippen LogP contribution is 2.27. The van der Waals surface area contributed by atoms with Crippen molar-refractivity contribution in [1.29, 1.82) is 0 Å². The summed E-state index contributed by atoms with van der Waals surface area (Å²) >= 11 is 1.37. The van der Waals surface area contributed by atoms with E-state index >= 15 is 0 Å². The van der Waals surface area contributed by atoms with Crippen LogP contribution in [0.15, 0.2) is 60.8 Å². The number of carbonyl (C=O) groups is 1. The lowest BCUT2D eigenvalue weighted by Gasteiger charge is -2.07. The van der Waals surface area contributed by atoms with E-state index in [1.54, 1.807) is 6.20 Å². The van der Waals surface area contributed by atoms with Crippen molar-refractivity contribution in [2.75, 3.05) is 0 Å². The number of aldehydes is 1. The van der Waals surface area contributed by atoms with E-state index in [0.717, 1.165) is 28.2 Å². The average Bonchev–Trinajstić information content (AvgIpc) is 3.03. The van der Waals surface area contributed by atoms with E-state index < -0.39 is 0 Å². The third kappa shape index (κ3) is 3.35. The molecule has 1 heterocycles. The van der Waals surface area contributed by atoms with Crippen LogP contribution in [0.4, 0.5) is 0 Å². The molecule has 0 radical (unpaired) electrons. The highest BCUT2D eigenvalue weighted by atomic mass is 32.1. The number of aromatic nitrogens is 1. The summed E-state index contributed by atoms with van der Waals surface area (Å²) in [6, 6.07) is 17.8. The van der Waals surface area contributed by atoms with Crippen molar-refractivity contribution in [2.24, 2.45) is 0 Å². The molecule has 1 aromatic heterocycles. The molecule has 3 rings (SSSR count). The highest BCUT2D eigenvalue weighted by Gasteiger charge is 2.05. The van der Waals surface area contributed by atoms with Crippen LogP contribution in [0.3, 0.4) is 0 Å². The van der Waals surface area contributed by atoms with Gasteiger partial charge in [0.1, 0.15) is 17.4 Å². The summed E-state index contributed by atoms with van der Waals surface area (Å²) in [4.78, 5) is 15.6. The van der Waals surface area contributed by atoms with Gasteiger partial charge in [0, 0.05) is 11.8 Å². The second kappa shape index (κ2) is 6.33. The molecule has 0 N–H and O–H groups in total. The van der Waals surface area contributed by atoms with Gasteiger partial charge < -0.3 is 4.74 Å². The Morgan fingerprint density at radius 1 is 1.10 bits per heavy atom. The van der Waals surface area contributed by atoms with Crippen molar-refractivity contribution in [2.45, 2.75) is 6.61 Å². The Balaban J connectivity index is 1.75. The third-order valence-electron chi connectivity index (χ3n) is 2.97. The first-order valence-corrected chi connectivity index (χ1v) is 7.35. The molecular weight excluding hydrogens is 282 g/mol. The smallest absolute Gasteiger partial charge is 0.161 e. The molecule has 0 amide bonds. The summed E-state index contributed by atoms with van der Waals surface area (Å²) in [6.45, 7) is 0.530. The normalized spacial score (nSPS) is 10.3. The lowest BCUT2D eigenvalue weighted by atomic mass is 10.2. The van der Waals surface area contributed by atoms with Crippen LogP contribution in [0, 0.1) is 0 Å². The standard InChI is InChI=1S/C17H13NO2S/c19-11-16-10-18-17(21-16)14-7-4-8-15(9-14)20-12-13-5-2-1-3-6-13/h1-11H,12H2. The molecule has 0 aliphatic heterocycles. The fourth-order valence-corrected chi connectivity index (χ4v) is 2.66. The number of hydrogen-bond acceptors (Lipinski definition) is 4. The fraction of sp³-hybridized carbons (Fsp3) is 0.0588. The van der Waals surface area contributed by atoms with Crippen LogP contribution in [0.2, 0.25) is 0 Å². The molecule has 21 heavy (non-hydrogen) atoms. The molecule has 104 valence electrons. The van der Waals surface area contributed by atoms with Gasteiger partial charge >= 0.3 is 0 Å². The first-order chi connectivity index (χ1) is 10.3. The van der Waals surface area contributed by atoms with Crippen molar-refractivity contribution in [3.05, 3.63) is 71.2 Å². The van der Waals surface area contributed by atoms with Gasteiger partial charge in [-0.15, -0.1) is 11.3 Å². The van der Waals surface area contributed by atoms with E-state index in [1.165, 1.54) is 11.3 Å². The molecule has 0 aliphatic rings. The van der Waals surface area contributed by atoms with Gasteiger partial charge in [-0.25, -0.2) is 4.98 Å². The summed E-state index contributed by atoms with van der Waals surface area (Å²) in [7, 11) is 0. The van der Waals surface area contributed by atoms with Crippen LogP contribution in [-0.2, 0) is 6.61 Å². The Morgan fingerprint density at radius 2 is 1.95 bits per heavy atom. The second-order valence-electron chi connectivity index (χ2n) is 4.49. The van der Waals surface area contributed by atoms with E-state index in [2.05, 4.69) is 4.98 Å². The molecule has 0 atom stereocenters. The van der Waals surface area contributed by atoms with Gasteiger partial charge in [-0.1, -0.05) is 42.5 Å². The molecule has 0 saturated heterocycles. The quantitative estimate of drug-likeness (QED) is 0.662. The molecule has 3 nitrogen and oxygen atoms in total. The first-order valence-electron chi connectivity index (χ1n) is 6.53.